The van der Waals surface area contributed by atoms with Gasteiger partial charge in [-0.15, -0.1) is 0 Å². The van der Waals surface area contributed by atoms with Crippen molar-refractivity contribution in [3.8, 4) is 0 Å². The van der Waals surface area contributed by atoms with Crippen LogP contribution in [0.5, 0.6) is 0 Å². The molecule has 0 saturated carbocycles. The number of fused-ring (bicyclic) bond motifs is 1. The zero-order valence-corrected chi connectivity index (χ0v) is 11.1. The van der Waals surface area contributed by atoms with E-state index in [2.05, 4.69) is 28.8 Å². The summed E-state index contributed by atoms with van der Waals surface area (Å²) in [5.41, 5.74) is 4.35. The molecule has 0 spiro atoms. The van der Waals surface area contributed by atoms with E-state index in [0.29, 0.717) is 6.54 Å². The number of hydrogen-bond acceptors (Lipinski definition) is 2. The van der Waals surface area contributed by atoms with Crippen molar-refractivity contribution in [1.82, 2.24) is 10.6 Å². The van der Waals surface area contributed by atoms with E-state index >= 15 is 0 Å². The molecule has 2 rings (SSSR count). The number of rotatable bonds is 6. The lowest BCUT2D eigenvalue weighted by molar-refractivity contribution is -0.120. The van der Waals surface area contributed by atoms with E-state index in [4.69, 9.17) is 0 Å². The standard InChI is InChI=1S/C15H22N2O/c1-2-16-11-15(18)17-9-8-12-6-7-13-4-3-5-14(13)10-12/h6-7,10,16H,2-5,8-9,11H2,1H3,(H,17,18). The first-order valence-corrected chi connectivity index (χ1v) is 6.87. The Hall–Kier alpha value is -1.35. The second-order valence-corrected chi connectivity index (χ2v) is 4.84. The SMILES string of the molecule is CCNCC(=O)NCCc1ccc2c(c1)CCC2. The summed E-state index contributed by atoms with van der Waals surface area (Å²) >= 11 is 0. The van der Waals surface area contributed by atoms with Gasteiger partial charge < -0.3 is 10.6 Å². The van der Waals surface area contributed by atoms with Gasteiger partial charge >= 0.3 is 0 Å². The maximum atomic E-state index is 11.4. The van der Waals surface area contributed by atoms with Crippen LogP contribution in [0.3, 0.4) is 0 Å². The second kappa shape index (κ2) is 6.55. The highest BCUT2D eigenvalue weighted by atomic mass is 16.1. The minimum absolute atomic E-state index is 0.0815. The van der Waals surface area contributed by atoms with E-state index in [0.717, 1.165) is 19.5 Å². The lowest BCUT2D eigenvalue weighted by Gasteiger charge is -2.07. The van der Waals surface area contributed by atoms with Crippen molar-refractivity contribution in [2.24, 2.45) is 0 Å². The van der Waals surface area contributed by atoms with Gasteiger partial charge in [0.25, 0.3) is 0 Å². The minimum atomic E-state index is 0.0815. The zero-order valence-electron chi connectivity index (χ0n) is 11.1. The van der Waals surface area contributed by atoms with Gasteiger partial charge in [0.2, 0.25) is 5.91 Å². The molecule has 0 aliphatic heterocycles. The molecule has 0 bridgehead atoms. The number of nitrogens with one attached hydrogen (secondary N) is 2. The van der Waals surface area contributed by atoms with Crippen molar-refractivity contribution in [2.75, 3.05) is 19.6 Å². The molecule has 0 atom stereocenters. The third-order valence-electron chi connectivity index (χ3n) is 3.43. The van der Waals surface area contributed by atoms with Crippen LogP contribution in [0.4, 0.5) is 0 Å². The summed E-state index contributed by atoms with van der Waals surface area (Å²) in [5.74, 6) is 0.0815. The Morgan fingerprint density at radius 1 is 1.28 bits per heavy atom. The van der Waals surface area contributed by atoms with Gasteiger partial charge in [-0.3, -0.25) is 4.79 Å². The molecular weight excluding hydrogens is 224 g/mol. The summed E-state index contributed by atoms with van der Waals surface area (Å²) in [4.78, 5) is 11.4. The Morgan fingerprint density at radius 3 is 2.94 bits per heavy atom. The van der Waals surface area contributed by atoms with Crippen LogP contribution in [0.1, 0.15) is 30.0 Å². The molecule has 0 unspecified atom stereocenters. The van der Waals surface area contributed by atoms with Crippen LogP contribution in [-0.2, 0) is 24.1 Å². The van der Waals surface area contributed by atoms with Crippen molar-refractivity contribution in [3.63, 3.8) is 0 Å². The topological polar surface area (TPSA) is 41.1 Å². The molecule has 1 aromatic rings. The summed E-state index contributed by atoms with van der Waals surface area (Å²) in [7, 11) is 0. The fourth-order valence-electron chi connectivity index (χ4n) is 2.43. The molecule has 1 aliphatic rings. The predicted octanol–water partition coefficient (Wildman–Crippen LogP) is 1.44. The Bertz CT molecular complexity index is 415. The molecule has 1 amide bonds. The highest BCUT2D eigenvalue weighted by Crippen LogP contribution is 2.22. The minimum Gasteiger partial charge on any atom is -0.355 e. The summed E-state index contributed by atoms with van der Waals surface area (Å²) in [6.45, 7) is 3.97. The molecule has 98 valence electrons. The smallest absolute Gasteiger partial charge is 0.233 e. The van der Waals surface area contributed by atoms with Gasteiger partial charge in [-0.05, 0) is 48.9 Å². The van der Waals surface area contributed by atoms with Crippen molar-refractivity contribution in [3.05, 3.63) is 34.9 Å². The van der Waals surface area contributed by atoms with Crippen molar-refractivity contribution in [1.29, 1.82) is 0 Å². The second-order valence-electron chi connectivity index (χ2n) is 4.84. The first-order valence-electron chi connectivity index (χ1n) is 6.87. The van der Waals surface area contributed by atoms with Gasteiger partial charge in [-0.25, -0.2) is 0 Å². The van der Waals surface area contributed by atoms with Crippen LogP contribution in [0.2, 0.25) is 0 Å². The van der Waals surface area contributed by atoms with Gasteiger partial charge in [0.15, 0.2) is 0 Å². The predicted molar refractivity (Wildman–Crippen MR) is 73.7 cm³/mol. The molecular formula is C15H22N2O. The van der Waals surface area contributed by atoms with Gasteiger partial charge in [-0.2, -0.15) is 0 Å². The summed E-state index contributed by atoms with van der Waals surface area (Å²) in [6.07, 6.45) is 4.66. The van der Waals surface area contributed by atoms with E-state index in [1.165, 1.54) is 36.0 Å². The molecule has 3 heteroatoms. The molecule has 0 saturated heterocycles. The maximum Gasteiger partial charge on any atom is 0.233 e. The van der Waals surface area contributed by atoms with E-state index in [9.17, 15) is 4.79 Å². The third kappa shape index (κ3) is 3.57. The van der Waals surface area contributed by atoms with Crippen LogP contribution >= 0.6 is 0 Å². The van der Waals surface area contributed by atoms with Gasteiger partial charge in [0, 0.05) is 6.54 Å². The Balaban J connectivity index is 1.75. The summed E-state index contributed by atoms with van der Waals surface area (Å²) in [5, 5.41) is 5.95. The molecule has 3 nitrogen and oxygen atoms in total. The van der Waals surface area contributed by atoms with Crippen molar-refractivity contribution in [2.45, 2.75) is 32.6 Å². The van der Waals surface area contributed by atoms with Crippen LogP contribution in [0, 0.1) is 0 Å². The van der Waals surface area contributed by atoms with Crippen LogP contribution in [-0.4, -0.2) is 25.5 Å². The Kier molecular flexibility index (Phi) is 4.76. The number of carbonyl (C=O) groups excluding carboxylic acids is 1. The maximum absolute atomic E-state index is 11.4. The summed E-state index contributed by atoms with van der Waals surface area (Å²) in [6, 6.07) is 6.75. The quantitative estimate of drug-likeness (QED) is 0.797. The van der Waals surface area contributed by atoms with Crippen LogP contribution < -0.4 is 10.6 Å². The lowest BCUT2D eigenvalue weighted by Crippen LogP contribution is -2.34. The average molecular weight is 246 g/mol. The van der Waals surface area contributed by atoms with Crippen LogP contribution in [0.15, 0.2) is 18.2 Å². The van der Waals surface area contributed by atoms with E-state index in [1.807, 2.05) is 6.92 Å². The average Bonchev–Trinajstić information content (AvgIpc) is 2.83. The summed E-state index contributed by atoms with van der Waals surface area (Å²) < 4.78 is 0. The van der Waals surface area contributed by atoms with Gasteiger partial charge in [-0.1, -0.05) is 25.1 Å². The first-order chi connectivity index (χ1) is 8.79. The first kappa shape index (κ1) is 13.1. The highest BCUT2D eigenvalue weighted by Gasteiger charge is 2.10. The molecule has 0 fully saturated rings. The number of amides is 1. The van der Waals surface area contributed by atoms with E-state index < -0.39 is 0 Å². The molecule has 0 aromatic heterocycles. The Morgan fingerprint density at radius 2 is 2.11 bits per heavy atom. The third-order valence-corrected chi connectivity index (χ3v) is 3.43. The van der Waals surface area contributed by atoms with E-state index in [1.54, 1.807) is 0 Å². The molecule has 0 radical (unpaired) electrons. The number of benzene rings is 1. The number of hydrogen-bond donors (Lipinski definition) is 2. The molecule has 1 aromatic carbocycles. The molecule has 18 heavy (non-hydrogen) atoms. The van der Waals surface area contributed by atoms with E-state index in [-0.39, 0.29) is 5.91 Å². The largest absolute Gasteiger partial charge is 0.355 e. The fraction of sp³-hybridized carbons (Fsp3) is 0.533. The normalized spacial score (nSPS) is 13.4. The van der Waals surface area contributed by atoms with Gasteiger partial charge in [0.05, 0.1) is 6.54 Å². The lowest BCUT2D eigenvalue weighted by atomic mass is 10.0. The van der Waals surface area contributed by atoms with Crippen LogP contribution in [0.25, 0.3) is 0 Å². The molecule has 0 heterocycles. The van der Waals surface area contributed by atoms with Crippen molar-refractivity contribution < 1.29 is 4.79 Å². The molecule has 1 aliphatic carbocycles. The fourth-order valence-corrected chi connectivity index (χ4v) is 2.43. The zero-order chi connectivity index (χ0) is 12.8. The molecule has 2 N–H and O–H groups in total. The van der Waals surface area contributed by atoms with Gasteiger partial charge in [0.1, 0.15) is 0 Å². The Labute approximate surface area is 109 Å². The number of aryl methyl sites for hydroxylation is 2. The number of carbonyl (C=O) groups is 1. The van der Waals surface area contributed by atoms with Crippen molar-refractivity contribution >= 4 is 5.91 Å². The number of likely N-dealkylation sites (N-methyl/N-ethyl adjacent to an activating group) is 1. The monoisotopic (exact) mass is 246 g/mol. The highest BCUT2D eigenvalue weighted by molar-refractivity contribution is 5.77.